The molecule has 0 unspecified atom stereocenters. The number of hydrogen-bond acceptors (Lipinski definition) is 2. The predicted molar refractivity (Wildman–Crippen MR) is 69.6 cm³/mol. The summed E-state index contributed by atoms with van der Waals surface area (Å²) in [5.41, 5.74) is -0.867. The Morgan fingerprint density at radius 2 is 1.65 bits per heavy atom. The maximum atomic E-state index is 12.5. The number of ether oxygens (including phenoxy) is 1. The van der Waals surface area contributed by atoms with Gasteiger partial charge in [-0.05, 0) is 30.3 Å². The van der Waals surface area contributed by atoms with Crippen molar-refractivity contribution in [3.8, 4) is 17.2 Å². The molecular formula is C13H7Cl2F3O2. The number of hydrogen-bond donors (Lipinski definition) is 1. The highest BCUT2D eigenvalue weighted by Crippen LogP contribution is 2.37. The van der Waals surface area contributed by atoms with Crippen molar-refractivity contribution in [3.63, 3.8) is 0 Å². The van der Waals surface area contributed by atoms with E-state index in [0.29, 0.717) is 0 Å². The van der Waals surface area contributed by atoms with E-state index in [0.717, 1.165) is 18.2 Å². The van der Waals surface area contributed by atoms with Crippen LogP contribution < -0.4 is 4.74 Å². The first kappa shape index (κ1) is 14.8. The van der Waals surface area contributed by atoms with Crippen LogP contribution in [0.25, 0.3) is 0 Å². The summed E-state index contributed by atoms with van der Waals surface area (Å²) < 4.78 is 42.7. The molecule has 0 amide bonds. The van der Waals surface area contributed by atoms with Gasteiger partial charge in [0.15, 0.2) is 0 Å². The van der Waals surface area contributed by atoms with Crippen LogP contribution in [0.5, 0.6) is 17.2 Å². The van der Waals surface area contributed by atoms with Gasteiger partial charge in [-0.2, -0.15) is 13.2 Å². The van der Waals surface area contributed by atoms with E-state index < -0.39 is 11.7 Å². The van der Waals surface area contributed by atoms with Crippen LogP contribution in [-0.2, 0) is 6.18 Å². The van der Waals surface area contributed by atoms with Crippen molar-refractivity contribution in [1.29, 1.82) is 0 Å². The molecule has 106 valence electrons. The third-order valence-electron chi connectivity index (χ3n) is 2.40. The third kappa shape index (κ3) is 3.29. The zero-order chi connectivity index (χ0) is 14.9. The van der Waals surface area contributed by atoms with Gasteiger partial charge in [0.25, 0.3) is 0 Å². The molecule has 0 aliphatic carbocycles. The van der Waals surface area contributed by atoms with E-state index >= 15 is 0 Å². The summed E-state index contributed by atoms with van der Waals surface area (Å²) >= 11 is 11.4. The fraction of sp³-hybridized carbons (Fsp3) is 0.0769. The minimum atomic E-state index is -4.47. The highest BCUT2D eigenvalue weighted by atomic mass is 35.5. The molecule has 7 heteroatoms. The van der Waals surface area contributed by atoms with Gasteiger partial charge < -0.3 is 9.84 Å². The Hall–Kier alpha value is -1.59. The van der Waals surface area contributed by atoms with Gasteiger partial charge in [-0.1, -0.05) is 23.2 Å². The first-order chi connectivity index (χ1) is 9.27. The highest BCUT2D eigenvalue weighted by molar-refractivity contribution is 6.32. The van der Waals surface area contributed by atoms with Crippen molar-refractivity contribution in [3.05, 3.63) is 52.0 Å². The molecule has 0 heterocycles. The molecule has 0 saturated carbocycles. The van der Waals surface area contributed by atoms with Crippen molar-refractivity contribution in [1.82, 2.24) is 0 Å². The summed E-state index contributed by atoms with van der Waals surface area (Å²) in [4.78, 5) is 0. The maximum Gasteiger partial charge on any atom is 0.416 e. The number of benzene rings is 2. The van der Waals surface area contributed by atoms with Crippen LogP contribution in [0.3, 0.4) is 0 Å². The van der Waals surface area contributed by atoms with Gasteiger partial charge in [0, 0.05) is 6.07 Å². The fourth-order valence-electron chi connectivity index (χ4n) is 1.44. The van der Waals surface area contributed by atoms with Gasteiger partial charge in [-0.25, -0.2) is 0 Å². The average Bonchev–Trinajstić information content (AvgIpc) is 2.35. The molecular weight excluding hydrogens is 316 g/mol. The third-order valence-corrected chi connectivity index (χ3v) is 3.02. The molecule has 20 heavy (non-hydrogen) atoms. The molecule has 0 spiro atoms. The van der Waals surface area contributed by atoms with Crippen LogP contribution >= 0.6 is 23.2 Å². The normalized spacial score (nSPS) is 11.4. The first-order valence-corrected chi connectivity index (χ1v) is 6.06. The van der Waals surface area contributed by atoms with Crippen molar-refractivity contribution >= 4 is 23.2 Å². The van der Waals surface area contributed by atoms with E-state index in [1.165, 1.54) is 18.2 Å². The lowest BCUT2D eigenvalue weighted by Crippen LogP contribution is -2.04. The Bertz CT molecular complexity index is 642. The molecule has 0 aliphatic heterocycles. The van der Waals surface area contributed by atoms with Crippen molar-refractivity contribution in [2.75, 3.05) is 0 Å². The Balaban J connectivity index is 2.28. The van der Waals surface area contributed by atoms with Crippen LogP contribution in [-0.4, -0.2) is 5.11 Å². The number of phenols is 1. The van der Waals surface area contributed by atoms with Crippen molar-refractivity contribution in [2.45, 2.75) is 6.18 Å². The van der Waals surface area contributed by atoms with E-state index in [1.54, 1.807) is 0 Å². The zero-order valence-corrected chi connectivity index (χ0v) is 11.2. The molecule has 2 nitrogen and oxygen atoms in total. The summed E-state index contributed by atoms with van der Waals surface area (Å²) in [5, 5.41) is 9.35. The summed E-state index contributed by atoms with van der Waals surface area (Å²) in [7, 11) is 0. The molecule has 0 radical (unpaired) electrons. The quantitative estimate of drug-likeness (QED) is 0.789. The topological polar surface area (TPSA) is 29.5 Å². The molecule has 0 atom stereocenters. The summed E-state index contributed by atoms with van der Waals surface area (Å²) in [5.74, 6) is 0.0437. The van der Waals surface area contributed by atoms with Gasteiger partial charge in [0.2, 0.25) is 0 Å². The fourth-order valence-corrected chi connectivity index (χ4v) is 1.78. The van der Waals surface area contributed by atoms with E-state index in [2.05, 4.69) is 0 Å². The second kappa shape index (κ2) is 5.42. The molecule has 0 saturated heterocycles. The minimum absolute atomic E-state index is 0.0430. The Morgan fingerprint density at radius 1 is 0.950 bits per heavy atom. The summed E-state index contributed by atoms with van der Waals surface area (Å²) in [6.07, 6.45) is -4.47. The second-order valence-electron chi connectivity index (χ2n) is 3.86. The van der Waals surface area contributed by atoms with Crippen LogP contribution in [0.15, 0.2) is 36.4 Å². The Morgan fingerprint density at radius 3 is 2.20 bits per heavy atom. The van der Waals surface area contributed by atoms with Crippen LogP contribution in [0.4, 0.5) is 13.2 Å². The number of phenolic OH excluding ortho intramolecular Hbond substituents is 1. The van der Waals surface area contributed by atoms with Gasteiger partial charge in [0.05, 0.1) is 15.6 Å². The number of aromatic hydroxyl groups is 1. The van der Waals surface area contributed by atoms with Crippen LogP contribution in [0.2, 0.25) is 10.0 Å². The van der Waals surface area contributed by atoms with Gasteiger partial charge in [-0.3, -0.25) is 0 Å². The van der Waals surface area contributed by atoms with E-state index in [1.807, 2.05) is 0 Å². The maximum absolute atomic E-state index is 12.5. The molecule has 0 bridgehead atoms. The zero-order valence-electron chi connectivity index (χ0n) is 9.71. The van der Waals surface area contributed by atoms with Gasteiger partial charge >= 0.3 is 6.18 Å². The lowest BCUT2D eigenvalue weighted by molar-refractivity contribution is -0.137. The molecule has 0 aromatic heterocycles. The number of halogens is 5. The summed E-state index contributed by atoms with van der Waals surface area (Å²) in [6.45, 7) is 0. The molecule has 2 aromatic rings. The smallest absolute Gasteiger partial charge is 0.416 e. The van der Waals surface area contributed by atoms with E-state index in [-0.39, 0.29) is 27.3 Å². The van der Waals surface area contributed by atoms with Gasteiger partial charge in [0.1, 0.15) is 17.2 Å². The SMILES string of the molecule is Oc1cc(Oc2ccc(C(F)(F)F)cc2Cl)ccc1Cl. The monoisotopic (exact) mass is 322 g/mol. The van der Waals surface area contributed by atoms with E-state index in [4.69, 9.17) is 27.9 Å². The standard InChI is InChI=1S/C13H7Cl2F3O2/c14-9-3-2-8(6-11(9)19)20-12-4-1-7(5-10(12)15)13(16,17)18/h1-6,19H. The lowest BCUT2D eigenvalue weighted by atomic mass is 10.2. The molecule has 1 N–H and O–H groups in total. The number of rotatable bonds is 2. The number of alkyl halides is 3. The van der Waals surface area contributed by atoms with Crippen molar-refractivity contribution < 1.29 is 23.0 Å². The summed E-state index contributed by atoms with van der Waals surface area (Å²) in [6, 6.07) is 6.82. The molecule has 0 aliphatic rings. The largest absolute Gasteiger partial charge is 0.506 e. The highest BCUT2D eigenvalue weighted by Gasteiger charge is 2.31. The van der Waals surface area contributed by atoms with E-state index in [9.17, 15) is 18.3 Å². The predicted octanol–water partition coefficient (Wildman–Crippen LogP) is 5.51. The second-order valence-corrected chi connectivity index (χ2v) is 4.67. The Kier molecular flexibility index (Phi) is 4.01. The van der Waals surface area contributed by atoms with Crippen LogP contribution in [0, 0.1) is 0 Å². The van der Waals surface area contributed by atoms with Gasteiger partial charge in [-0.15, -0.1) is 0 Å². The first-order valence-electron chi connectivity index (χ1n) is 5.30. The Labute approximate surface area is 122 Å². The average molecular weight is 323 g/mol. The lowest BCUT2D eigenvalue weighted by Gasteiger charge is -2.11. The minimum Gasteiger partial charge on any atom is -0.506 e. The molecule has 2 aromatic carbocycles. The van der Waals surface area contributed by atoms with Crippen LogP contribution in [0.1, 0.15) is 5.56 Å². The van der Waals surface area contributed by atoms with Crippen molar-refractivity contribution in [2.24, 2.45) is 0 Å². The molecule has 0 fully saturated rings. The molecule has 2 rings (SSSR count).